The minimum atomic E-state index is -0.617. The van der Waals surface area contributed by atoms with Gasteiger partial charge >= 0.3 is 0 Å². The van der Waals surface area contributed by atoms with Crippen molar-refractivity contribution in [3.63, 3.8) is 0 Å². The van der Waals surface area contributed by atoms with E-state index in [1.54, 1.807) is 45.8 Å². The first-order valence-electron chi connectivity index (χ1n) is 18.5. The number of imidazole rings is 2. The summed E-state index contributed by atoms with van der Waals surface area (Å²) in [5.41, 5.74) is 17.4. The smallest absolute Gasteiger partial charge is 0.276 e. The van der Waals surface area contributed by atoms with Crippen LogP contribution in [-0.2, 0) is 26.1 Å². The monoisotopic (exact) mass is 746 g/mol. The number of carbonyl (C=O) groups excluding carboxylic acids is 4. The molecule has 4 amide bonds. The van der Waals surface area contributed by atoms with Crippen molar-refractivity contribution >= 4 is 57.6 Å². The average Bonchev–Trinajstić information content (AvgIpc) is 3.90. The van der Waals surface area contributed by atoms with Gasteiger partial charge in [-0.1, -0.05) is 6.42 Å². The summed E-state index contributed by atoms with van der Waals surface area (Å²) in [6.45, 7) is 7.41. The molecule has 17 heteroatoms. The van der Waals surface area contributed by atoms with Gasteiger partial charge in [0, 0.05) is 36.3 Å². The van der Waals surface area contributed by atoms with Gasteiger partial charge in [0.15, 0.2) is 0 Å². The lowest BCUT2D eigenvalue weighted by molar-refractivity contribution is 0.0991. The molecule has 2 aromatic carbocycles. The second-order valence-electron chi connectivity index (χ2n) is 14.1. The van der Waals surface area contributed by atoms with Crippen LogP contribution in [0.1, 0.15) is 104 Å². The highest BCUT2D eigenvalue weighted by Crippen LogP contribution is 2.39. The van der Waals surface area contributed by atoms with E-state index in [-0.39, 0.29) is 30.0 Å². The van der Waals surface area contributed by atoms with Crippen LogP contribution in [0.15, 0.2) is 36.4 Å². The van der Waals surface area contributed by atoms with E-state index in [4.69, 9.17) is 31.3 Å². The number of nitrogens with two attached hydrogens (primary N) is 2. The Morgan fingerprint density at radius 3 is 2.42 bits per heavy atom. The molecule has 0 saturated carbocycles. The normalized spacial score (nSPS) is 16.7. The van der Waals surface area contributed by atoms with Crippen LogP contribution in [0.5, 0.6) is 5.75 Å². The van der Waals surface area contributed by atoms with Gasteiger partial charge in [0.2, 0.25) is 23.7 Å². The number of primary amides is 2. The molecule has 2 aliphatic rings. The van der Waals surface area contributed by atoms with E-state index in [0.717, 1.165) is 30.5 Å². The Labute approximate surface area is 315 Å². The minimum absolute atomic E-state index is 0.236. The van der Waals surface area contributed by atoms with Gasteiger partial charge in [-0.25, -0.2) is 9.97 Å². The zero-order chi connectivity index (χ0) is 38.5. The Balaban J connectivity index is 1.21. The fourth-order valence-electron chi connectivity index (χ4n) is 7.82. The Kier molecular flexibility index (Phi) is 9.06. The molecule has 8 rings (SSSR count). The summed E-state index contributed by atoms with van der Waals surface area (Å²) in [7, 11) is 0. The van der Waals surface area contributed by atoms with Crippen molar-refractivity contribution in [2.45, 2.75) is 85.0 Å². The number of aryl methyl sites for hydroxylation is 5. The fourth-order valence-corrected chi connectivity index (χ4v) is 7.82. The predicted molar refractivity (Wildman–Crippen MR) is 203 cm³/mol. The molecule has 1 atom stereocenters. The summed E-state index contributed by atoms with van der Waals surface area (Å²) in [5.74, 6) is -0.801. The lowest BCUT2D eigenvalue weighted by Crippen LogP contribution is -2.27. The van der Waals surface area contributed by atoms with E-state index in [1.165, 1.54) is 0 Å². The van der Waals surface area contributed by atoms with Gasteiger partial charge in [-0.3, -0.25) is 39.2 Å². The molecule has 284 valence electrons. The number of aromatic nitrogens is 8. The maximum atomic E-state index is 14.3. The number of hydrogen-bond acceptors (Lipinski definition) is 9. The molecule has 0 bridgehead atoms. The first-order chi connectivity index (χ1) is 26.5. The number of ether oxygens (including phenoxy) is 1. The molecule has 0 saturated heterocycles. The molecule has 0 aliphatic carbocycles. The number of hydrogen-bond donors (Lipinski definition) is 4. The third-order valence-electron chi connectivity index (χ3n) is 10.4. The summed E-state index contributed by atoms with van der Waals surface area (Å²) in [5, 5.41) is 15.4. The van der Waals surface area contributed by atoms with E-state index >= 15 is 0 Å². The highest BCUT2D eigenvalue weighted by Gasteiger charge is 2.31. The lowest BCUT2D eigenvalue weighted by atomic mass is 10.0. The van der Waals surface area contributed by atoms with E-state index in [1.807, 2.05) is 29.9 Å². The Bertz CT molecular complexity index is 2540. The van der Waals surface area contributed by atoms with E-state index in [2.05, 4.69) is 15.7 Å². The zero-order valence-electron chi connectivity index (χ0n) is 30.9. The van der Waals surface area contributed by atoms with E-state index in [0.29, 0.717) is 101 Å². The predicted octanol–water partition coefficient (Wildman–Crippen LogP) is 4.26. The molecular weight excluding hydrogens is 704 g/mol. The lowest BCUT2D eigenvalue weighted by Gasteiger charge is -2.27. The van der Waals surface area contributed by atoms with Gasteiger partial charge in [0.25, 0.3) is 11.8 Å². The minimum Gasteiger partial charge on any atom is -0.489 e. The van der Waals surface area contributed by atoms with E-state index in [9.17, 15) is 19.2 Å². The van der Waals surface area contributed by atoms with Gasteiger partial charge in [0.05, 0.1) is 34.0 Å². The number of nitrogens with one attached hydrogen (secondary N) is 2. The highest BCUT2D eigenvalue weighted by atomic mass is 16.5. The fraction of sp³-hybridized carbons (Fsp3) is 0.368. The van der Waals surface area contributed by atoms with Gasteiger partial charge in [-0.2, -0.15) is 10.2 Å². The molecule has 6 heterocycles. The second-order valence-corrected chi connectivity index (χ2v) is 14.1. The highest BCUT2D eigenvalue weighted by molar-refractivity contribution is 6.06. The Hall–Kier alpha value is -6.52. The van der Waals surface area contributed by atoms with Crippen molar-refractivity contribution in [1.29, 1.82) is 0 Å². The summed E-state index contributed by atoms with van der Waals surface area (Å²) in [6, 6.07) is 9.72. The standard InChI is InChI=1S/C38H42N12O5/c1-4-48-31-25(21(3)46-48)10-6-5-7-14-49-29(15-20(2)45-49)35(53)43-37-41-26-16-22(33(39)51)11-12-28(26)47(37)13-8-9-24-19-55-30-18-23(34(40)52)17-27-32(30)50(24)38(42-27)44-36(31)54/h11-12,15-18,24H,4-10,13-14,19H2,1-3H3,(H2,39,51)(H2,40,52)(H,41,43,53)(H,42,44,54)/t24-/m0/s1. The molecule has 6 N–H and O–H groups in total. The van der Waals surface area contributed by atoms with Crippen molar-refractivity contribution in [1.82, 2.24) is 38.7 Å². The SMILES string of the molecule is CCn1nc(C)c2c1C(=O)Nc1nc3cc(C(N)=O)cc4c3n1[C@@H](CCCn1c(nc3cc(C(N)=O)ccc31)NC(=O)c1cc(C)nn1CCCCC2)CO4. The van der Waals surface area contributed by atoms with Gasteiger partial charge in [-0.05, 0) is 89.3 Å². The van der Waals surface area contributed by atoms with Crippen molar-refractivity contribution in [2.75, 3.05) is 17.2 Å². The van der Waals surface area contributed by atoms with Crippen LogP contribution in [0.4, 0.5) is 11.9 Å². The van der Waals surface area contributed by atoms with Crippen LogP contribution in [0.3, 0.4) is 0 Å². The molecule has 0 spiro atoms. The molecule has 0 radical (unpaired) electrons. The van der Waals surface area contributed by atoms with Crippen LogP contribution in [0.2, 0.25) is 0 Å². The maximum Gasteiger partial charge on any atom is 0.276 e. The summed E-state index contributed by atoms with van der Waals surface area (Å²) < 4.78 is 13.5. The summed E-state index contributed by atoms with van der Waals surface area (Å²) in [4.78, 5) is 62.0. The summed E-state index contributed by atoms with van der Waals surface area (Å²) in [6.07, 6.45) is 4.14. The topological polar surface area (TPSA) is 225 Å². The number of carbonyl (C=O) groups is 4. The average molecular weight is 747 g/mol. The van der Waals surface area contributed by atoms with Crippen molar-refractivity contribution in [3.8, 4) is 5.75 Å². The molecule has 4 aromatic heterocycles. The molecule has 0 unspecified atom stereocenters. The van der Waals surface area contributed by atoms with Crippen LogP contribution in [0, 0.1) is 13.8 Å². The molecule has 6 aromatic rings. The number of nitrogens with zero attached hydrogens (tertiary/aromatic N) is 8. The quantitative estimate of drug-likeness (QED) is 0.203. The van der Waals surface area contributed by atoms with Crippen molar-refractivity contribution in [2.24, 2.45) is 11.5 Å². The third kappa shape index (κ3) is 6.44. The number of amides is 4. The number of rotatable bonds is 3. The molecule has 17 nitrogen and oxygen atoms in total. The Morgan fingerprint density at radius 1 is 0.873 bits per heavy atom. The van der Waals surface area contributed by atoms with Crippen LogP contribution in [0.25, 0.3) is 22.1 Å². The number of anilines is 2. The van der Waals surface area contributed by atoms with Gasteiger partial charge < -0.3 is 25.3 Å². The van der Waals surface area contributed by atoms with E-state index < -0.39 is 11.8 Å². The van der Waals surface area contributed by atoms with Crippen molar-refractivity contribution in [3.05, 3.63) is 75.9 Å². The molecule has 2 aliphatic heterocycles. The van der Waals surface area contributed by atoms with Crippen LogP contribution >= 0.6 is 0 Å². The number of fused-ring (bicyclic) bond motifs is 5. The second kappa shape index (κ2) is 14.0. The summed E-state index contributed by atoms with van der Waals surface area (Å²) >= 11 is 0. The first kappa shape index (κ1) is 35.5. The molecule has 0 fully saturated rings. The van der Waals surface area contributed by atoms with Crippen LogP contribution < -0.4 is 26.8 Å². The molecule has 55 heavy (non-hydrogen) atoms. The van der Waals surface area contributed by atoms with Gasteiger partial charge in [0.1, 0.15) is 29.3 Å². The first-order valence-corrected chi connectivity index (χ1v) is 18.5. The number of benzene rings is 2. The molecular formula is C38H42N12O5. The third-order valence-corrected chi connectivity index (χ3v) is 10.4. The largest absolute Gasteiger partial charge is 0.489 e. The zero-order valence-corrected chi connectivity index (χ0v) is 30.9. The van der Waals surface area contributed by atoms with Crippen LogP contribution in [-0.4, -0.2) is 68.9 Å². The Morgan fingerprint density at radius 2 is 1.64 bits per heavy atom. The van der Waals surface area contributed by atoms with Crippen molar-refractivity contribution < 1.29 is 23.9 Å². The van der Waals surface area contributed by atoms with Gasteiger partial charge in [-0.15, -0.1) is 0 Å². The maximum absolute atomic E-state index is 14.3.